The van der Waals surface area contributed by atoms with Crippen molar-refractivity contribution in [3.63, 3.8) is 0 Å². The minimum Gasteiger partial charge on any atom is -0.383 e. The molecule has 2 aromatic carbocycles. The first-order valence-corrected chi connectivity index (χ1v) is 7.05. The van der Waals surface area contributed by atoms with Gasteiger partial charge in [0.2, 0.25) is 0 Å². The van der Waals surface area contributed by atoms with E-state index in [1.54, 1.807) is 7.11 Å². The summed E-state index contributed by atoms with van der Waals surface area (Å²) in [5.41, 5.74) is 7.52. The van der Waals surface area contributed by atoms with E-state index in [1.807, 2.05) is 0 Å². The predicted octanol–water partition coefficient (Wildman–Crippen LogP) is 2.81. The monoisotopic (exact) mass is 272 g/mol. The Morgan fingerprint density at radius 1 is 1.15 bits per heavy atom. The summed E-state index contributed by atoms with van der Waals surface area (Å²) < 4.78 is 5.19. The fourth-order valence-electron chi connectivity index (χ4n) is 2.40. The molecular formula is C17H24N2O. The smallest absolute Gasteiger partial charge is 0.0615 e. The van der Waals surface area contributed by atoms with Crippen LogP contribution in [0.25, 0.3) is 10.8 Å². The van der Waals surface area contributed by atoms with Crippen LogP contribution in [0, 0.1) is 0 Å². The fraction of sp³-hybridized carbons (Fsp3) is 0.412. The standard InChI is InChI=1S/C17H24N2O/c1-13(12-20-3)19(2)11-17(18)16-9-8-14-6-4-5-7-15(14)10-16/h4-10,13,17H,11-12,18H2,1-3H3. The van der Waals surface area contributed by atoms with Gasteiger partial charge in [-0.1, -0.05) is 36.4 Å². The van der Waals surface area contributed by atoms with E-state index in [1.165, 1.54) is 16.3 Å². The van der Waals surface area contributed by atoms with Crippen molar-refractivity contribution < 1.29 is 4.74 Å². The highest BCUT2D eigenvalue weighted by Crippen LogP contribution is 2.20. The summed E-state index contributed by atoms with van der Waals surface area (Å²) in [6.07, 6.45) is 0. The van der Waals surface area contributed by atoms with Crippen molar-refractivity contribution in [2.24, 2.45) is 5.73 Å². The average Bonchev–Trinajstić information content (AvgIpc) is 2.46. The van der Waals surface area contributed by atoms with Crippen molar-refractivity contribution >= 4 is 10.8 Å². The maximum absolute atomic E-state index is 6.34. The number of hydrogen-bond acceptors (Lipinski definition) is 3. The Morgan fingerprint density at radius 2 is 1.85 bits per heavy atom. The number of nitrogens with two attached hydrogens (primary N) is 1. The molecule has 2 rings (SSSR count). The summed E-state index contributed by atoms with van der Waals surface area (Å²) in [4.78, 5) is 2.24. The van der Waals surface area contributed by atoms with Gasteiger partial charge in [-0.05, 0) is 36.4 Å². The Balaban J connectivity index is 2.08. The van der Waals surface area contributed by atoms with Crippen molar-refractivity contribution in [2.75, 3.05) is 27.3 Å². The van der Waals surface area contributed by atoms with Gasteiger partial charge < -0.3 is 10.5 Å². The molecule has 2 N–H and O–H groups in total. The van der Waals surface area contributed by atoms with E-state index in [0.29, 0.717) is 6.04 Å². The van der Waals surface area contributed by atoms with E-state index in [0.717, 1.165) is 13.2 Å². The van der Waals surface area contributed by atoms with Crippen molar-refractivity contribution in [2.45, 2.75) is 19.0 Å². The molecule has 0 aromatic heterocycles. The van der Waals surface area contributed by atoms with Crippen molar-refractivity contribution in [3.8, 4) is 0 Å². The summed E-state index contributed by atoms with van der Waals surface area (Å²) in [5, 5.41) is 2.50. The Labute approximate surface area is 121 Å². The highest BCUT2D eigenvalue weighted by Gasteiger charge is 2.14. The van der Waals surface area contributed by atoms with E-state index >= 15 is 0 Å². The third kappa shape index (κ3) is 3.57. The lowest BCUT2D eigenvalue weighted by molar-refractivity contribution is 0.112. The molecule has 0 saturated heterocycles. The predicted molar refractivity (Wildman–Crippen MR) is 84.8 cm³/mol. The number of ether oxygens (including phenoxy) is 1. The van der Waals surface area contributed by atoms with Crippen molar-refractivity contribution in [1.29, 1.82) is 0 Å². The van der Waals surface area contributed by atoms with Gasteiger partial charge in [-0.15, -0.1) is 0 Å². The van der Waals surface area contributed by atoms with Gasteiger partial charge in [0.1, 0.15) is 0 Å². The quantitative estimate of drug-likeness (QED) is 0.879. The van der Waals surface area contributed by atoms with E-state index in [9.17, 15) is 0 Å². The first-order valence-electron chi connectivity index (χ1n) is 7.05. The Morgan fingerprint density at radius 3 is 2.55 bits per heavy atom. The maximum atomic E-state index is 6.34. The Hall–Kier alpha value is -1.42. The third-order valence-electron chi connectivity index (χ3n) is 3.85. The fourth-order valence-corrected chi connectivity index (χ4v) is 2.40. The molecule has 0 aliphatic heterocycles. The number of rotatable bonds is 6. The van der Waals surface area contributed by atoms with Crippen LogP contribution in [-0.4, -0.2) is 38.3 Å². The number of methoxy groups -OCH3 is 1. The highest BCUT2D eigenvalue weighted by atomic mass is 16.5. The molecule has 3 heteroatoms. The van der Waals surface area contributed by atoms with Crippen LogP contribution < -0.4 is 5.73 Å². The van der Waals surface area contributed by atoms with Gasteiger partial charge in [0, 0.05) is 25.7 Å². The molecule has 0 heterocycles. The Bertz CT molecular complexity index is 555. The lowest BCUT2D eigenvalue weighted by Crippen LogP contribution is -2.37. The minimum atomic E-state index is 0.0175. The van der Waals surface area contributed by atoms with Crippen LogP contribution in [0.4, 0.5) is 0 Å². The summed E-state index contributed by atoms with van der Waals surface area (Å²) >= 11 is 0. The molecule has 3 nitrogen and oxygen atoms in total. The summed E-state index contributed by atoms with van der Waals surface area (Å²) in [7, 11) is 3.82. The van der Waals surface area contributed by atoms with Crippen LogP contribution in [-0.2, 0) is 4.74 Å². The summed E-state index contributed by atoms with van der Waals surface area (Å²) in [5.74, 6) is 0. The van der Waals surface area contributed by atoms with E-state index in [4.69, 9.17) is 10.5 Å². The van der Waals surface area contributed by atoms with Crippen molar-refractivity contribution in [3.05, 3.63) is 48.0 Å². The highest BCUT2D eigenvalue weighted by molar-refractivity contribution is 5.83. The lowest BCUT2D eigenvalue weighted by atomic mass is 10.0. The zero-order valence-corrected chi connectivity index (χ0v) is 12.5. The van der Waals surface area contributed by atoms with Crippen LogP contribution in [0.15, 0.2) is 42.5 Å². The molecule has 0 spiro atoms. The number of likely N-dealkylation sites (N-methyl/N-ethyl adjacent to an activating group) is 1. The number of benzene rings is 2. The van der Waals surface area contributed by atoms with Crippen LogP contribution in [0.1, 0.15) is 18.5 Å². The molecule has 2 atom stereocenters. The van der Waals surface area contributed by atoms with Crippen molar-refractivity contribution in [1.82, 2.24) is 4.90 Å². The van der Waals surface area contributed by atoms with Gasteiger partial charge in [0.25, 0.3) is 0 Å². The van der Waals surface area contributed by atoms with E-state index < -0.39 is 0 Å². The number of hydrogen-bond donors (Lipinski definition) is 1. The minimum absolute atomic E-state index is 0.0175. The maximum Gasteiger partial charge on any atom is 0.0615 e. The molecule has 0 radical (unpaired) electrons. The lowest BCUT2D eigenvalue weighted by Gasteiger charge is -2.27. The normalized spacial score (nSPS) is 14.7. The molecule has 0 amide bonds. The molecule has 0 bridgehead atoms. The first-order chi connectivity index (χ1) is 9.61. The van der Waals surface area contributed by atoms with Gasteiger partial charge in [0.05, 0.1) is 6.61 Å². The molecular weight excluding hydrogens is 248 g/mol. The van der Waals surface area contributed by atoms with Gasteiger partial charge >= 0.3 is 0 Å². The molecule has 20 heavy (non-hydrogen) atoms. The first kappa shape index (κ1) is 15.0. The van der Waals surface area contributed by atoms with Gasteiger partial charge in [0.15, 0.2) is 0 Å². The topological polar surface area (TPSA) is 38.5 Å². The third-order valence-corrected chi connectivity index (χ3v) is 3.85. The summed E-state index contributed by atoms with van der Waals surface area (Å²) in [6.45, 7) is 3.69. The second-order valence-corrected chi connectivity index (χ2v) is 5.46. The van der Waals surface area contributed by atoms with Crippen LogP contribution in [0.2, 0.25) is 0 Å². The molecule has 0 aliphatic carbocycles. The number of nitrogens with zero attached hydrogens (tertiary/aromatic N) is 1. The molecule has 0 aliphatic rings. The van der Waals surface area contributed by atoms with Gasteiger partial charge in [-0.2, -0.15) is 0 Å². The second kappa shape index (κ2) is 6.84. The number of fused-ring (bicyclic) bond motifs is 1. The van der Waals surface area contributed by atoms with Crippen LogP contribution >= 0.6 is 0 Å². The molecule has 0 fully saturated rings. The average molecular weight is 272 g/mol. The summed E-state index contributed by atoms with van der Waals surface area (Å²) in [6, 6.07) is 15.2. The van der Waals surface area contributed by atoms with E-state index in [-0.39, 0.29) is 6.04 Å². The SMILES string of the molecule is COCC(C)N(C)CC(N)c1ccc2ccccc2c1. The molecule has 0 saturated carbocycles. The van der Waals surface area contributed by atoms with Crippen LogP contribution in [0.5, 0.6) is 0 Å². The molecule has 2 aromatic rings. The van der Waals surface area contributed by atoms with Crippen LogP contribution in [0.3, 0.4) is 0 Å². The molecule has 2 unspecified atom stereocenters. The van der Waals surface area contributed by atoms with Gasteiger partial charge in [-0.3, -0.25) is 4.90 Å². The zero-order valence-electron chi connectivity index (χ0n) is 12.5. The zero-order chi connectivity index (χ0) is 14.5. The second-order valence-electron chi connectivity index (χ2n) is 5.46. The molecule has 108 valence electrons. The van der Waals surface area contributed by atoms with E-state index in [2.05, 4.69) is 61.3 Å². The van der Waals surface area contributed by atoms with Gasteiger partial charge in [-0.25, -0.2) is 0 Å². The largest absolute Gasteiger partial charge is 0.383 e. The Kier molecular flexibility index (Phi) is 5.12.